The maximum absolute atomic E-state index is 12.0. The van der Waals surface area contributed by atoms with Crippen molar-refractivity contribution in [2.75, 3.05) is 5.88 Å². The second-order valence-electron chi connectivity index (χ2n) is 4.42. The number of hydrogen-bond acceptors (Lipinski definition) is 2. The maximum atomic E-state index is 12.0. The average molecular weight is 242 g/mol. The van der Waals surface area contributed by atoms with Crippen LogP contribution in [0.1, 0.15) is 36.2 Å². The number of nitrogens with zero attached hydrogens (tertiary/aromatic N) is 2. The van der Waals surface area contributed by atoms with E-state index in [2.05, 4.69) is 10.4 Å². The van der Waals surface area contributed by atoms with E-state index in [1.165, 1.54) is 0 Å². The van der Waals surface area contributed by atoms with Gasteiger partial charge in [0.2, 0.25) is 0 Å². The van der Waals surface area contributed by atoms with E-state index < -0.39 is 0 Å². The van der Waals surface area contributed by atoms with E-state index in [9.17, 15) is 4.79 Å². The monoisotopic (exact) mass is 241 g/mol. The number of carbonyl (C=O) groups is 1. The molecule has 1 heterocycles. The summed E-state index contributed by atoms with van der Waals surface area (Å²) < 4.78 is 1.58. The van der Waals surface area contributed by atoms with Gasteiger partial charge in [0, 0.05) is 19.1 Å². The second-order valence-corrected chi connectivity index (χ2v) is 4.68. The second kappa shape index (κ2) is 4.45. The number of halogens is 1. The number of aryl methyl sites for hydroxylation is 1. The Balaban J connectivity index is 2.09. The number of nitrogens with one attached hydrogen (secondary N) is 1. The van der Waals surface area contributed by atoms with E-state index in [4.69, 9.17) is 11.6 Å². The molecule has 0 saturated heterocycles. The van der Waals surface area contributed by atoms with Crippen molar-refractivity contribution in [2.24, 2.45) is 7.05 Å². The van der Waals surface area contributed by atoms with Gasteiger partial charge in [-0.2, -0.15) is 5.10 Å². The molecule has 16 heavy (non-hydrogen) atoms. The van der Waals surface area contributed by atoms with Gasteiger partial charge in [0.25, 0.3) is 5.91 Å². The fourth-order valence-corrected chi connectivity index (χ4v) is 2.58. The van der Waals surface area contributed by atoms with Gasteiger partial charge in [-0.25, -0.2) is 0 Å². The smallest absolute Gasteiger partial charge is 0.270 e. The first-order chi connectivity index (χ1) is 7.67. The molecule has 0 bridgehead atoms. The molecule has 0 aromatic carbocycles. The third-order valence-electron chi connectivity index (χ3n) is 3.25. The first-order valence-electron chi connectivity index (χ1n) is 5.53. The number of alkyl halides is 1. The molecule has 1 aliphatic rings. The highest BCUT2D eigenvalue weighted by atomic mass is 35.5. The van der Waals surface area contributed by atoms with E-state index >= 15 is 0 Å². The minimum Gasteiger partial charge on any atom is -0.344 e. The predicted octanol–water partition coefficient (Wildman–Crippen LogP) is 1.70. The fraction of sp³-hybridized carbons (Fsp3) is 0.636. The van der Waals surface area contributed by atoms with Crippen LogP contribution in [0.15, 0.2) is 12.3 Å². The summed E-state index contributed by atoms with van der Waals surface area (Å²) in [6, 6.07) is 1.71. The lowest BCUT2D eigenvalue weighted by atomic mass is 10.0. The first-order valence-corrected chi connectivity index (χ1v) is 6.07. The molecule has 0 spiro atoms. The van der Waals surface area contributed by atoms with Gasteiger partial charge in [0.15, 0.2) is 0 Å². The van der Waals surface area contributed by atoms with Crippen molar-refractivity contribution >= 4 is 17.5 Å². The molecule has 1 aromatic rings. The maximum Gasteiger partial charge on any atom is 0.270 e. The fourth-order valence-electron chi connectivity index (χ4n) is 2.25. The van der Waals surface area contributed by atoms with Crippen molar-refractivity contribution in [3.05, 3.63) is 18.0 Å². The highest BCUT2D eigenvalue weighted by Gasteiger charge is 2.35. The molecule has 0 radical (unpaired) electrons. The summed E-state index contributed by atoms with van der Waals surface area (Å²) >= 11 is 5.97. The van der Waals surface area contributed by atoms with Gasteiger partial charge in [0.1, 0.15) is 5.69 Å². The zero-order valence-corrected chi connectivity index (χ0v) is 10.1. The highest BCUT2D eigenvalue weighted by Crippen LogP contribution is 2.30. The lowest BCUT2D eigenvalue weighted by Crippen LogP contribution is -2.48. The molecule has 1 fully saturated rings. The quantitative estimate of drug-likeness (QED) is 0.819. The lowest BCUT2D eigenvalue weighted by Gasteiger charge is -2.27. The van der Waals surface area contributed by atoms with Crippen molar-refractivity contribution in [3.63, 3.8) is 0 Å². The molecule has 1 saturated carbocycles. The summed E-state index contributed by atoms with van der Waals surface area (Å²) in [7, 11) is 1.76. The Labute approximate surface area is 100.0 Å². The molecular weight excluding hydrogens is 226 g/mol. The number of aromatic nitrogens is 2. The Hall–Kier alpha value is -1.03. The average Bonchev–Trinajstić information content (AvgIpc) is 2.87. The molecule has 2 rings (SSSR count). The Bertz CT molecular complexity index is 382. The summed E-state index contributed by atoms with van der Waals surface area (Å²) in [5.74, 6) is 0.402. The molecule has 0 aliphatic heterocycles. The van der Waals surface area contributed by atoms with Crippen molar-refractivity contribution in [2.45, 2.75) is 31.2 Å². The van der Waals surface area contributed by atoms with Crippen molar-refractivity contribution in [3.8, 4) is 0 Å². The molecule has 1 amide bonds. The summed E-state index contributed by atoms with van der Waals surface area (Å²) in [6.07, 6.45) is 5.84. The standard InChI is InChI=1S/C11H16ClN3O/c1-15-9(4-7-13-15)10(16)14-11(8-12)5-2-3-6-11/h4,7H,2-3,5-6,8H2,1H3,(H,14,16). The Morgan fingerprint density at radius 1 is 1.62 bits per heavy atom. The largest absolute Gasteiger partial charge is 0.344 e. The zero-order valence-electron chi connectivity index (χ0n) is 9.37. The van der Waals surface area contributed by atoms with Gasteiger partial charge >= 0.3 is 0 Å². The van der Waals surface area contributed by atoms with Gasteiger partial charge < -0.3 is 5.32 Å². The van der Waals surface area contributed by atoms with E-state index in [-0.39, 0.29) is 11.4 Å². The van der Waals surface area contributed by atoms with Gasteiger partial charge in [-0.3, -0.25) is 9.48 Å². The highest BCUT2D eigenvalue weighted by molar-refractivity contribution is 6.19. The van der Waals surface area contributed by atoms with Gasteiger partial charge in [-0.05, 0) is 18.9 Å². The number of amides is 1. The Morgan fingerprint density at radius 2 is 2.31 bits per heavy atom. The van der Waals surface area contributed by atoms with Crippen LogP contribution in [0.25, 0.3) is 0 Å². The SMILES string of the molecule is Cn1nccc1C(=O)NC1(CCl)CCCC1. The van der Waals surface area contributed by atoms with Crippen LogP contribution >= 0.6 is 11.6 Å². The minimum absolute atomic E-state index is 0.0810. The normalized spacial score (nSPS) is 18.6. The Morgan fingerprint density at radius 3 is 2.81 bits per heavy atom. The number of hydrogen-bond donors (Lipinski definition) is 1. The number of rotatable bonds is 3. The van der Waals surface area contributed by atoms with Gasteiger partial charge in [-0.1, -0.05) is 12.8 Å². The topological polar surface area (TPSA) is 46.9 Å². The van der Waals surface area contributed by atoms with Crippen LogP contribution in [0.5, 0.6) is 0 Å². The molecule has 4 nitrogen and oxygen atoms in total. The van der Waals surface area contributed by atoms with Crippen LogP contribution in [0.4, 0.5) is 0 Å². The number of carbonyl (C=O) groups excluding carboxylic acids is 1. The van der Waals surface area contributed by atoms with Gasteiger partial charge in [-0.15, -0.1) is 11.6 Å². The molecule has 88 valence electrons. The van der Waals surface area contributed by atoms with Crippen LogP contribution in [0.2, 0.25) is 0 Å². The molecule has 1 aromatic heterocycles. The summed E-state index contributed by atoms with van der Waals surface area (Å²) in [5.41, 5.74) is 0.375. The van der Waals surface area contributed by atoms with E-state index in [1.807, 2.05) is 0 Å². The summed E-state index contributed by atoms with van der Waals surface area (Å²) in [5, 5.41) is 7.04. The van der Waals surface area contributed by atoms with Crippen LogP contribution in [0, 0.1) is 0 Å². The van der Waals surface area contributed by atoms with Crippen molar-refractivity contribution < 1.29 is 4.79 Å². The summed E-state index contributed by atoms with van der Waals surface area (Å²) in [6.45, 7) is 0. The van der Waals surface area contributed by atoms with E-state index in [0.29, 0.717) is 11.6 Å². The lowest BCUT2D eigenvalue weighted by molar-refractivity contribution is 0.0899. The van der Waals surface area contributed by atoms with Crippen LogP contribution in [0.3, 0.4) is 0 Å². The van der Waals surface area contributed by atoms with Crippen LogP contribution in [-0.2, 0) is 7.05 Å². The molecule has 5 heteroatoms. The molecule has 1 aliphatic carbocycles. The van der Waals surface area contributed by atoms with Crippen molar-refractivity contribution in [1.29, 1.82) is 0 Å². The van der Waals surface area contributed by atoms with Gasteiger partial charge in [0.05, 0.1) is 5.54 Å². The summed E-state index contributed by atoms with van der Waals surface area (Å²) in [4.78, 5) is 12.0. The molecule has 0 unspecified atom stereocenters. The van der Waals surface area contributed by atoms with Crippen molar-refractivity contribution in [1.82, 2.24) is 15.1 Å². The van der Waals surface area contributed by atoms with Crippen LogP contribution in [-0.4, -0.2) is 27.1 Å². The van der Waals surface area contributed by atoms with E-state index in [1.54, 1.807) is 24.0 Å². The first kappa shape index (κ1) is 11.5. The van der Waals surface area contributed by atoms with Crippen LogP contribution < -0.4 is 5.32 Å². The zero-order chi connectivity index (χ0) is 11.6. The minimum atomic E-state index is -0.205. The molecule has 0 atom stereocenters. The van der Waals surface area contributed by atoms with E-state index in [0.717, 1.165) is 25.7 Å². The third-order valence-corrected chi connectivity index (χ3v) is 3.76. The molecule has 1 N–H and O–H groups in total. The Kier molecular flexibility index (Phi) is 3.19. The predicted molar refractivity (Wildman–Crippen MR) is 62.6 cm³/mol. The third kappa shape index (κ3) is 2.07. The molecular formula is C11H16ClN3O.